The number of carboxylic acid groups (broad SMARTS) is 1. The van der Waals surface area contributed by atoms with Crippen LogP contribution in [0.3, 0.4) is 0 Å². The zero-order valence-electron chi connectivity index (χ0n) is 10.3. The van der Waals surface area contributed by atoms with Crippen LogP contribution in [0.2, 0.25) is 0 Å². The number of hydrogen-bond donors (Lipinski definition) is 1. The number of benzene rings is 1. The average Bonchev–Trinajstić information content (AvgIpc) is 2.28. The van der Waals surface area contributed by atoms with Gasteiger partial charge in [0.2, 0.25) is 0 Å². The summed E-state index contributed by atoms with van der Waals surface area (Å²) < 4.78 is 5.01. The highest BCUT2D eigenvalue weighted by Gasteiger charge is 2.08. The fourth-order valence-electron chi connectivity index (χ4n) is 1.66. The number of nitrogens with zero attached hydrogens (tertiary/aromatic N) is 1. The van der Waals surface area contributed by atoms with Gasteiger partial charge in [-0.15, -0.1) is 0 Å². The molecule has 1 rings (SSSR count). The molecule has 0 unspecified atom stereocenters. The summed E-state index contributed by atoms with van der Waals surface area (Å²) in [5.41, 5.74) is 1.94. The van der Waals surface area contributed by atoms with Crippen LogP contribution in [0, 0.1) is 0 Å². The SMILES string of the molecule is COCCN(C)Cc1ccccc1CC(=O)O. The van der Waals surface area contributed by atoms with E-state index < -0.39 is 5.97 Å². The van der Waals surface area contributed by atoms with Gasteiger partial charge in [0.25, 0.3) is 0 Å². The van der Waals surface area contributed by atoms with Crippen molar-refractivity contribution < 1.29 is 14.6 Å². The summed E-state index contributed by atoms with van der Waals surface area (Å²) in [4.78, 5) is 12.9. The fourth-order valence-corrected chi connectivity index (χ4v) is 1.66. The van der Waals surface area contributed by atoms with Crippen LogP contribution in [-0.2, 0) is 22.5 Å². The molecular formula is C13H19NO3. The van der Waals surface area contributed by atoms with Crippen molar-refractivity contribution in [3.63, 3.8) is 0 Å². The second kappa shape index (κ2) is 7.04. The molecule has 0 aliphatic rings. The van der Waals surface area contributed by atoms with Crippen LogP contribution in [0.4, 0.5) is 0 Å². The maximum atomic E-state index is 10.7. The summed E-state index contributed by atoms with van der Waals surface area (Å²) in [7, 11) is 3.67. The largest absolute Gasteiger partial charge is 0.481 e. The molecule has 0 fully saturated rings. The first-order valence-electron chi connectivity index (χ1n) is 5.59. The van der Waals surface area contributed by atoms with Crippen molar-refractivity contribution in [3.8, 4) is 0 Å². The van der Waals surface area contributed by atoms with Gasteiger partial charge in [-0.2, -0.15) is 0 Å². The Hall–Kier alpha value is -1.39. The highest BCUT2D eigenvalue weighted by Crippen LogP contribution is 2.11. The molecule has 0 saturated heterocycles. The minimum Gasteiger partial charge on any atom is -0.481 e. The average molecular weight is 237 g/mol. The Morgan fingerprint density at radius 2 is 2.00 bits per heavy atom. The van der Waals surface area contributed by atoms with Crippen molar-refractivity contribution in [1.29, 1.82) is 0 Å². The first kappa shape index (κ1) is 13.7. The fraction of sp³-hybridized carbons (Fsp3) is 0.462. The van der Waals surface area contributed by atoms with Gasteiger partial charge in [-0.25, -0.2) is 0 Å². The van der Waals surface area contributed by atoms with Crippen LogP contribution in [0.5, 0.6) is 0 Å². The second-order valence-corrected chi connectivity index (χ2v) is 4.07. The Balaban J connectivity index is 2.65. The normalized spacial score (nSPS) is 10.8. The highest BCUT2D eigenvalue weighted by molar-refractivity contribution is 5.70. The topological polar surface area (TPSA) is 49.8 Å². The molecule has 0 amide bonds. The Morgan fingerprint density at radius 3 is 2.59 bits per heavy atom. The molecular weight excluding hydrogens is 218 g/mol. The summed E-state index contributed by atoms with van der Waals surface area (Å²) in [5, 5.41) is 8.83. The minimum absolute atomic E-state index is 0.0777. The number of ether oxygens (including phenoxy) is 1. The number of aliphatic carboxylic acids is 1. The van der Waals surface area contributed by atoms with Gasteiger partial charge in [0.1, 0.15) is 0 Å². The lowest BCUT2D eigenvalue weighted by Gasteiger charge is -2.17. The molecule has 94 valence electrons. The monoisotopic (exact) mass is 237 g/mol. The summed E-state index contributed by atoms with van der Waals surface area (Å²) in [5.74, 6) is -0.794. The van der Waals surface area contributed by atoms with Crippen LogP contribution in [0.25, 0.3) is 0 Å². The van der Waals surface area contributed by atoms with Crippen LogP contribution < -0.4 is 0 Å². The Bertz CT molecular complexity index is 365. The lowest BCUT2D eigenvalue weighted by molar-refractivity contribution is -0.136. The van der Waals surface area contributed by atoms with Crippen LogP contribution >= 0.6 is 0 Å². The van der Waals surface area contributed by atoms with Gasteiger partial charge in [0.05, 0.1) is 13.0 Å². The lowest BCUT2D eigenvalue weighted by atomic mass is 10.0. The highest BCUT2D eigenvalue weighted by atomic mass is 16.5. The van der Waals surface area contributed by atoms with Crippen molar-refractivity contribution in [3.05, 3.63) is 35.4 Å². The first-order valence-corrected chi connectivity index (χ1v) is 5.59. The summed E-state index contributed by atoms with van der Waals surface area (Å²) >= 11 is 0. The molecule has 0 saturated carbocycles. The molecule has 17 heavy (non-hydrogen) atoms. The number of likely N-dealkylation sites (N-methyl/N-ethyl adjacent to an activating group) is 1. The van der Waals surface area contributed by atoms with Crippen molar-refractivity contribution in [1.82, 2.24) is 4.90 Å². The van der Waals surface area contributed by atoms with E-state index in [4.69, 9.17) is 9.84 Å². The van der Waals surface area contributed by atoms with Gasteiger partial charge in [0.15, 0.2) is 0 Å². The van der Waals surface area contributed by atoms with Gasteiger partial charge >= 0.3 is 5.97 Å². The van der Waals surface area contributed by atoms with E-state index in [-0.39, 0.29) is 6.42 Å². The van der Waals surface area contributed by atoms with Gasteiger partial charge in [0, 0.05) is 20.2 Å². The van der Waals surface area contributed by atoms with Crippen LogP contribution in [-0.4, -0.2) is 43.3 Å². The molecule has 0 heterocycles. The molecule has 0 radical (unpaired) electrons. The molecule has 4 nitrogen and oxygen atoms in total. The number of carboxylic acids is 1. The van der Waals surface area contributed by atoms with E-state index in [1.165, 1.54) is 0 Å². The molecule has 4 heteroatoms. The van der Waals surface area contributed by atoms with Gasteiger partial charge in [-0.05, 0) is 18.2 Å². The zero-order valence-corrected chi connectivity index (χ0v) is 10.3. The van der Waals surface area contributed by atoms with Crippen LogP contribution in [0.1, 0.15) is 11.1 Å². The molecule has 0 aliphatic carbocycles. The first-order chi connectivity index (χ1) is 8.13. The maximum Gasteiger partial charge on any atom is 0.307 e. The van der Waals surface area contributed by atoms with Crippen molar-refractivity contribution >= 4 is 5.97 Å². The van der Waals surface area contributed by atoms with E-state index in [0.29, 0.717) is 6.61 Å². The predicted octanol–water partition coefficient (Wildman–Crippen LogP) is 1.39. The number of carbonyl (C=O) groups is 1. The van der Waals surface area contributed by atoms with E-state index in [1.807, 2.05) is 31.3 Å². The molecule has 0 aromatic heterocycles. The Labute approximate surface area is 102 Å². The van der Waals surface area contributed by atoms with E-state index >= 15 is 0 Å². The van der Waals surface area contributed by atoms with E-state index in [0.717, 1.165) is 24.2 Å². The molecule has 0 atom stereocenters. The second-order valence-electron chi connectivity index (χ2n) is 4.07. The predicted molar refractivity (Wildman–Crippen MR) is 66.0 cm³/mol. The number of methoxy groups -OCH3 is 1. The third-order valence-electron chi connectivity index (χ3n) is 2.58. The minimum atomic E-state index is -0.794. The Kier molecular flexibility index (Phi) is 5.66. The standard InChI is InChI=1S/C13H19NO3/c1-14(7-8-17-2)10-12-6-4-3-5-11(12)9-13(15)16/h3-6H,7-10H2,1-2H3,(H,15,16). The molecule has 1 N–H and O–H groups in total. The van der Waals surface area contributed by atoms with E-state index in [1.54, 1.807) is 7.11 Å². The van der Waals surface area contributed by atoms with Crippen LogP contribution in [0.15, 0.2) is 24.3 Å². The molecule has 0 spiro atoms. The van der Waals surface area contributed by atoms with Crippen molar-refractivity contribution in [2.24, 2.45) is 0 Å². The maximum absolute atomic E-state index is 10.7. The molecule has 1 aromatic rings. The third-order valence-corrected chi connectivity index (χ3v) is 2.58. The van der Waals surface area contributed by atoms with E-state index in [9.17, 15) is 4.79 Å². The zero-order chi connectivity index (χ0) is 12.7. The smallest absolute Gasteiger partial charge is 0.307 e. The molecule has 1 aromatic carbocycles. The van der Waals surface area contributed by atoms with Crippen molar-refractivity contribution in [2.75, 3.05) is 27.3 Å². The molecule has 0 bridgehead atoms. The quantitative estimate of drug-likeness (QED) is 0.778. The third kappa shape index (κ3) is 4.97. The number of hydrogen-bond acceptors (Lipinski definition) is 3. The summed E-state index contributed by atoms with van der Waals surface area (Å²) in [6, 6.07) is 7.65. The number of rotatable bonds is 7. The summed E-state index contributed by atoms with van der Waals surface area (Å²) in [6.45, 7) is 2.25. The lowest BCUT2D eigenvalue weighted by Crippen LogP contribution is -2.23. The summed E-state index contributed by atoms with van der Waals surface area (Å²) in [6.07, 6.45) is 0.0777. The van der Waals surface area contributed by atoms with Gasteiger partial charge in [-0.1, -0.05) is 24.3 Å². The Morgan fingerprint density at radius 1 is 1.35 bits per heavy atom. The van der Waals surface area contributed by atoms with E-state index in [2.05, 4.69) is 4.90 Å². The van der Waals surface area contributed by atoms with Crippen molar-refractivity contribution in [2.45, 2.75) is 13.0 Å². The van der Waals surface area contributed by atoms with Gasteiger partial charge in [-0.3, -0.25) is 9.69 Å². The molecule has 0 aliphatic heterocycles. The van der Waals surface area contributed by atoms with Gasteiger partial charge < -0.3 is 9.84 Å².